The monoisotopic (exact) mass is 344 g/mol. The number of amides is 1. The van der Waals surface area contributed by atoms with Crippen LogP contribution in [0.4, 0.5) is 5.69 Å². The highest BCUT2D eigenvalue weighted by Gasteiger charge is 2.19. The molecule has 24 heavy (non-hydrogen) atoms. The van der Waals surface area contributed by atoms with Crippen LogP contribution in [0.1, 0.15) is 24.1 Å². The van der Waals surface area contributed by atoms with Crippen molar-refractivity contribution in [2.24, 2.45) is 0 Å². The van der Waals surface area contributed by atoms with Gasteiger partial charge in [0.05, 0.1) is 16.7 Å². The van der Waals surface area contributed by atoms with E-state index in [9.17, 15) is 14.9 Å². The predicted octanol–water partition coefficient (Wildman–Crippen LogP) is 4.21. The number of nitro groups is 1. The maximum atomic E-state index is 12.4. The topological polar surface area (TPSA) is 63.5 Å². The Morgan fingerprint density at radius 3 is 2.54 bits per heavy atom. The summed E-state index contributed by atoms with van der Waals surface area (Å²) in [4.78, 5) is 25.5. The third-order valence-electron chi connectivity index (χ3n) is 3.92. The van der Waals surface area contributed by atoms with E-state index >= 15 is 0 Å². The molecule has 0 fully saturated rings. The molecule has 1 amide bonds. The summed E-state index contributed by atoms with van der Waals surface area (Å²) in [5.41, 5.74) is 1.97. The number of hydrogen-bond donors (Lipinski definition) is 0. The fourth-order valence-corrected chi connectivity index (χ4v) is 3.04. The van der Waals surface area contributed by atoms with E-state index in [1.165, 1.54) is 29.5 Å². The van der Waals surface area contributed by atoms with E-state index in [4.69, 9.17) is 0 Å². The maximum Gasteiger partial charge on any atom is 0.269 e. The van der Waals surface area contributed by atoms with Crippen molar-refractivity contribution in [3.05, 3.63) is 69.8 Å². The zero-order chi connectivity index (χ0) is 17.7. The summed E-state index contributed by atoms with van der Waals surface area (Å²) in [6, 6.07) is 14.2. The molecular formula is C18H20N2O3S. The molecule has 0 saturated carbocycles. The Hall–Kier alpha value is -2.34. The fraction of sp³-hybridized carbons (Fsp3) is 0.278. The van der Waals surface area contributed by atoms with Crippen LogP contribution in [-0.4, -0.2) is 28.5 Å². The first-order valence-corrected chi connectivity index (χ1v) is 8.56. The second kappa shape index (κ2) is 7.97. The van der Waals surface area contributed by atoms with Gasteiger partial charge in [-0.15, -0.1) is 11.8 Å². The summed E-state index contributed by atoms with van der Waals surface area (Å²) >= 11 is 1.49. The maximum absolute atomic E-state index is 12.4. The Morgan fingerprint density at radius 1 is 1.25 bits per heavy atom. The highest BCUT2D eigenvalue weighted by atomic mass is 32.2. The molecule has 0 unspecified atom stereocenters. The summed E-state index contributed by atoms with van der Waals surface area (Å²) in [5, 5.41) is 10.9. The SMILES string of the molecule is Cc1ccc(SCC(=O)N(C)[C@H](C)c2cccc([N+](=O)[O-])c2)cc1. The molecule has 0 aliphatic rings. The second-order valence-electron chi connectivity index (χ2n) is 5.63. The minimum Gasteiger partial charge on any atom is -0.338 e. The first-order valence-electron chi connectivity index (χ1n) is 7.58. The number of hydrogen-bond acceptors (Lipinski definition) is 4. The smallest absolute Gasteiger partial charge is 0.269 e. The zero-order valence-corrected chi connectivity index (χ0v) is 14.7. The molecular weight excluding hydrogens is 324 g/mol. The van der Waals surface area contributed by atoms with E-state index in [0.29, 0.717) is 5.75 Å². The van der Waals surface area contributed by atoms with Crippen LogP contribution < -0.4 is 0 Å². The summed E-state index contributed by atoms with van der Waals surface area (Å²) in [6.45, 7) is 3.89. The summed E-state index contributed by atoms with van der Waals surface area (Å²) in [6.07, 6.45) is 0. The molecule has 0 aromatic heterocycles. The van der Waals surface area contributed by atoms with E-state index in [0.717, 1.165) is 10.5 Å². The Morgan fingerprint density at radius 2 is 1.92 bits per heavy atom. The molecule has 0 saturated heterocycles. The lowest BCUT2D eigenvalue weighted by atomic mass is 10.1. The number of carbonyl (C=O) groups is 1. The van der Waals surface area contributed by atoms with Crippen LogP contribution in [0.2, 0.25) is 0 Å². The van der Waals surface area contributed by atoms with Gasteiger partial charge in [0.25, 0.3) is 5.69 Å². The van der Waals surface area contributed by atoms with Gasteiger partial charge >= 0.3 is 0 Å². The van der Waals surface area contributed by atoms with Crippen molar-refractivity contribution in [2.45, 2.75) is 24.8 Å². The van der Waals surface area contributed by atoms with Gasteiger partial charge in [-0.2, -0.15) is 0 Å². The van der Waals surface area contributed by atoms with Gasteiger partial charge in [0, 0.05) is 24.1 Å². The largest absolute Gasteiger partial charge is 0.338 e. The minimum atomic E-state index is -0.425. The van der Waals surface area contributed by atoms with Crippen molar-refractivity contribution >= 4 is 23.4 Å². The quantitative estimate of drug-likeness (QED) is 0.447. The highest BCUT2D eigenvalue weighted by Crippen LogP contribution is 2.25. The van der Waals surface area contributed by atoms with Crippen molar-refractivity contribution in [1.29, 1.82) is 0 Å². The Balaban J connectivity index is 2.00. The molecule has 2 aromatic carbocycles. The first-order chi connectivity index (χ1) is 11.4. The van der Waals surface area contributed by atoms with Gasteiger partial charge in [-0.25, -0.2) is 0 Å². The molecule has 6 heteroatoms. The van der Waals surface area contributed by atoms with Crippen LogP contribution in [0, 0.1) is 17.0 Å². The number of nitro benzene ring substituents is 1. The molecule has 0 heterocycles. The summed E-state index contributed by atoms with van der Waals surface area (Å²) in [5.74, 6) is 0.318. The van der Waals surface area contributed by atoms with Gasteiger partial charge in [0.2, 0.25) is 5.91 Å². The van der Waals surface area contributed by atoms with E-state index in [1.807, 2.05) is 38.1 Å². The van der Waals surface area contributed by atoms with Gasteiger partial charge in [-0.1, -0.05) is 29.8 Å². The molecule has 0 radical (unpaired) electrons. The standard InChI is InChI=1S/C18H20N2O3S/c1-13-7-9-17(10-8-13)24-12-18(21)19(3)14(2)15-5-4-6-16(11-15)20(22)23/h4-11,14H,12H2,1-3H3/t14-/m1/s1. The van der Waals surface area contributed by atoms with Crippen molar-refractivity contribution in [3.8, 4) is 0 Å². The highest BCUT2D eigenvalue weighted by molar-refractivity contribution is 8.00. The van der Waals surface area contributed by atoms with Crippen LogP contribution in [-0.2, 0) is 4.79 Å². The van der Waals surface area contributed by atoms with Crippen LogP contribution >= 0.6 is 11.8 Å². The van der Waals surface area contributed by atoms with Crippen LogP contribution in [0.3, 0.4) is 0 Å². The van der Waals surface area contributed by atoms with Crippen LogP contribution in [0.15, 0.2) is 53.4 Å². The summed E-state index contributed by atoms with van der Waals surface area (Å²) in [7, 11) is 1.72. The van der Waals surface area contributed by atoms with Gasteiger partial charge in [-0.3, -0.25) is 14.9 Å². The van der Waals surface area contributed by atoms with Gasteiger partial charge in [0.15, 0.2) is 0 Å². The molecule has 2 aromatic rings. The zero-order valence-electron chi connectivity index (χ0n) is 13.9. The van der Waals surface area contributed by atoms with Gasteiger partial charge < -0.3 is 4.90 Å². The van der Waals surface area contributed by atoms with Crippen molar-refractivity contribution in [1.82, 2.24) is 4.90 Å². The Bertz CT molecular complexity index is 731. The lowest BCUT2D eigenvalue weighted by Crippen LogP contribution is -2.31. The molecule has 0 spiro atoms. The predicted molar refractivity (Wildman–Crippen MR) is 96.2 cm³/mol. The molecule has 126 valence electrons. The Kier molecular flexibility index (Phi) is 5.98. The number of rotatable bonds is 6. The molecule has 0 aliphatic heterocycles. The van der Waals surface area contributed by atoms with E-state index in [2.05, 4.69) is 0 Å². The number of nitrogens with zero attached hydrogens (tertiary/aromatic N) is 2. The number of benzene rings is 2. The number of thioether (sulfide) groups is 1. The van der Waals surface area contributed by atoms with Crippen molar-refractivity contribution in [3.63, 3.8) is 0 Å². The average Bonchev–Trinajstić information content (AvgIpc) is 2.59. The average molecular weight is 344 g/mol. The number of non-ortho nitro benzene ring substituents is 1. The third kappa shape index (κ3) is 4.58. The van der Waals surface area contributed by atoms with E-state index in [1.54, 1.807) is 24.1 Å². The van der Waals surface area contributed by atoms with Gasteiger partial charge in [0.1, 0.15) is 0 Å². The lowest BCUT2D eigenvalue weighted by molar-refractivity contribution is -0.384. The molecule has 0 N–H and O–H groups in total. The minimum absolute atomic E-state index is 0.0143. The normalized spacial score (nSPS) is 11.8. The molecule has 0 aliphatic carbocycles. The fourth-order valence-electron chi connectivity index (χ4n) is 2.22. The molecule has 2 rings (SSSR count). The van der Waals surface area contributed by atoms with E-state index in [-0.39, 0.29) is 17.6 Å². The van der Waals surface area contributed by atoms with E-state index < -0.39 is 4.92 Å². The number of carbonyl (C=O) groups excluding carboxylic acids is 1. The third-order valence-corrected chi connectivity index (χ3v) is 4.92. The lowest BCUT2D eigenvalue weighted by Gasteiger charge is -2.25. The molecule has 5 nitrogen and oxygen atoms in total. The first kappa shape index (κ1) is 18.0. The van der Waals surface area contributed by atoms with Crippen LogP contribution in [0.5, 0.6) is 0 Å². The number of aryl methyl sites for hydroxylation is 1. The van der Waals surface area contributed by atoms with Crippen LogP contribution in [0.25, 0.3) is 0 Å². The summed E-state index contributed by atoms with van der Waals surface area (Å²) < 4.78 is 0. The molecule has 0 bridgehead atoms. The van der Waals surface area contributed by atoms with Crippen molar-refractivity contribution < 1.29 is 9.72 Å². The van der Waals surface area contributed by atoms with Gasteiger partial charge in [-0.05, 0) is 31.5 Å². The van der Waals surface area contributed by atoms with Crippen molar-refractivity contribution in [2.75, 3.05) is 12.8 Å². The second-order valence-corrected chi connectivity index (χ2v) is 6.68. The molecule has 1 atom stereocenters. The Labute approximate surface area is 145 Å².